The Labute approximate surface area is 155 Å². The predicted molar refractivity (Wildman–Crippen MR) is 105 cm³/mol. The maximum Gasteiger partial charge on any atom is 0.263 e. The highest BCUT2D eigenvalue weighted by molar-refractivity contribution is 7.92. The predicted octanol–water partition coefficient (Wildman–Crippen LogP) is 2.59. The van der Waals surface area contributed by atoms with E-state index in [0.717, 1.165) is 24.6 Å². The summed E-state index contributed by atoms with van der Waals surface area (Å²) in [5.41, 5.74) is 1.70. The Morgan fingerprint density at radius 3 is 2.54 bits per heavy atom. The summed E-state index contributed by atoms with van der Waals surface area (Å²) in [5.74, 6) is 0.714. The van der Waals surface area contributed by atoms with E-state index in [9.17, 15) is 8.42 Å². The van der Waals surface area contributed by atoms with Crippen LogP contribution in [0.15, 0.2) is 47.5 Å². The van der Waals surface area contributed by atoms with Crippen LogP contribution in [0.1, 0.15) is 18.4 Å². The van der Waals surface area contributed by atoms with Crippen LogP contribution in [0.2, 0.25) is 0 Å². The van der Waals surface area contributed by atoms with Gasteiger partial charge in [-0.2, -0.15) is 0 Å². The number of benzene rings is 1. The zero-order chi connectivity index (χ0) is 18.7. The highest BCUT2D eigenvalue weighted by atomic mass is 32.2. The molecule has 1 heterocycles. The summed E-state index contributed by atoms with van der Waals surface area (Å²) in [6.45, 7) is 0.983. The molecule has 2 aromatic rings. The second-order valence-corrected chi connectivity index (χ2v) is 8.70. The van der Waals surface area contributed by atoms with Crippen molar-refractivity contribution in [3.8, 4) is 0 Å². The van der Waals surface area contributed by atoms with Gasteiger partial charge in [0.25, 0.3) is 10.0 Å². The average Bonchev–Trinajstić information content (AvgIpc) is 3.45. The summed E-state index contributed by atoms with van der Waals surface area (Å²) in [6.07, 6.45) is 4.86. The van der Waals surface area contributed by atoms with Crippen molar-refractivity contribution in [2.24, 2.45) is 0 Å². The van der Waals surface area contributed by atoms with Gasteiger partial charge in [-0.25, -0.2) is 13.4 Å². The molecule has 3 rings (SSSR count). The van der Waals surface area contributed by atoms with Crippen molar-refractivity contribution in [3.05, 3.63) is 48.2 Å². The van der Waals surface area contributed by atoms with Crippen LogP contribution in [-0.2, 0) is 16.4 Å². The van der Waals surface area contributed by atoms with Gasteiger partial charge in [-0.05, 0) is 56.1 Å². The number of hydrogen-bond acceptors (Lipinski definition) is 5. The molecule has 7 heteroatoms. The van der Waals surface area contributed by atoms with Crippen molar-refractivity contribution in [2.75, 3.05) is 37.3 Å². The molecule has 0 unspecified atom stereocenters. The second kappa shape index (κ2) is 7.63. The minimum atomic E-state index is -3.65. The maximum atomic E-state index is 12.6. The maximum absolute atomic E-state index is 12.6. The van der Waals surface area contributed by atoms with E-state index in [-0.39, 0.29) is 4.90 Å². The standard InChI is InChI=1S/C19H26N4O2S/c1-22(2)19-10-9-18(14-20-19)26(24,25)21-16-6-4-5-15(13-16)11-12-23(3)17-7-8-17/h4-6,9-10,13-14,17,21H,7-8,11-12H2,1-3H3. The van der Waals surface area contributed by atoms with Crippen LogP contribution in [-0.4, -0.2) is 52.0 Å². The van der Waals surface area contributed by atoms with Gasteiger partial charge in [0.05, 0.1) is 0 Å². The summed E-state index contributed by atoms with van der Waals surface area (Å²) < 4.78 is 27.8. The molecule has 1 aliphatic rings. The molecule has 0 radical (unpaired) electrons. The van der Waals surface area contributed by atoms with Crippen molar-refractivity contribution in [3.63, 3.8) is 0 Å². The fourth-order valence-corrected chi connectivity index (χ4v) is 3.80. The summed E-state index contributed by atoms with van der Waals surface area (Å²) in [4.78, 5) is 8.53. The molecule has 1 aliphatic carbocycles. The molecule has 0 saturated heterocycles. The van der Waals surface area contributed by atoms with Gasteiger partial charge in [-0.3, -0.25) is 4.72 Å². The van der Waals surface area contributed by atoms with Gasteiger partial charge >= 0.3 is 0 Å². The first-order valence-electron chi connectivity index (χ1n) is 8.80. The minimum Gasteiger partial charge on any atom is -0.363 e. The van der Waals surface area contributed by atoms with Crippen LogP contribution < -0.4 is 9.62 Å². The Morgan fingerprint density at radius 1 is 1.15 bits per heavy atom. The molecule has 1 fully saturated rings. The Hall–Kier alpha value is -2.12. The quantitative estimate of drug-likeness (QED) is 0.769. The van der Waals surface area contributed by atoms with Gasteiger partial charge in [0.15, 0.2) is 0 Å². The highest BCUT2D eigenvalue weighted by Crippen LogP contribution is 2.25. The molecule has 0 atom stereocenters. The molecule has 1 N–H and O–H groups in total. The van der Waals surface area contributed by atoms with Crippen LogP contribution in [0.4, 0.5) is 11.5 Å². The molecule has 0 amide bonds. The van der Waals surface area contributed by atoms with E-state index in [1.165, 1.54) is 19.0 Å². The SMILES string of the molecule is CN(C)c1ccc(S(=O)(=O)Nc2cccc(CCN(C)C3CC3)c2)cn1. The number of hydrogen-bond donors (Lipinski definition) is 1. The molecule has 1 aromatic heterocycles. The second-order valence-electron chi connectivity index (χ2n) is 7.01. The lowest BCUT2D eigenvalue weighted by Crippen LogP contribution is -2.23. The largest absolute Gasteiger partial charge is 0.363 e. The number of nitrogens with zero attached hydrogens (tertiary/aromatic N) is 3. The third-order valence-electron chi connectivity index (χ3n) is 4.59. The zero-order valence-corrected chi connectivity index (χ0v) is 16.3. The van der Waals surface area contributed by atoms with Crippen LogP contribution in [0.5, 0.6) is 0 Å². The Balaban J connectivity index is 1.67. The van der Waals surface area contributed by atoms with E-state index in [0.29, 0.717) is 11.5 Å². The summed E-state index contributed by atoms with van der Waals surface area (Å²) in [6, 6.07) is 11.6. The van der Waals surface area contributed by atoms with E-state index >= 15 is 0 Å². The number of nitrogens with one attached hydrogen (secondary N) is 1. The lowest BCUT2D eigenvalue weighted by molar-refractivity contribution is 0.328. The molecule has 1 saturated carbocycles. The normalized spacial score (nSPS) is 14.5. The van der Waals surface area contributed by atoms with E-state index in [2.05, 4.69) is 21.7 Å². The minimum absolute atomic E-state index is 0.155. The first-order valence-corrected chi connectivity index (χ1v) is 10.3. The lowest BCUT2D eigenvalue weighted by Gasteiger charge is -2.16. The van der Waals surface area contributed by atoms with Crippen LogP contribution in [0, 0.1) is 0 Å². The molecule has 26 heavy (non-hydrogen) atoms. The van der Waals surface area contributed by atoms with Gasteiger partial charge in [-0.1, -0.05) is 12.1 Å². The molecule has 140 valence electrons. The van der Waals surface area contributed by atoms with Gasteiger partial charge in [-0.15, -0.1) is 0 Å². The first-order chi connectivity index (χ1) is 12.3. The Kier molecular flexibility index (Phi) is 5.48. The zero-order valence-electron chi connectivity index (χ0n) is 15.5. The third kappa shape index (κ3) is 4.74. The van der Waals surface area contributed by atoms with E-state index in [1.54, 1.807) is 18.2 Å². The van der Waals surface area contributed by atoms with Gasteiger partial charge < -0.3 is 9.80 Å². The number of aromatic nitrogens is 1. The van der Waals surface area contributed by atoms with Crippen molar-refractivity contribution in [1.82, 2.24) is 9.88 Å². The van der Waals surface area contributed by atoms with Crippen LogP contribution >= 0.6 is 0 Å². The topological polar surface area (TPSA) is 65.5 Å². The fourth-order valence-electron chi connectivity index (χ4n) is 2.80. The molecular formula is C19H26N4O2S. The Bertz CT molecular complexity index is 846. The average molecular weight is 375 g/mol. The van der Waals surface area contributed by atoms with Crippen LogP contribution in [0.25, 0.3) is 0 Å². The Morgan fingerprint density at radius 2 is 1.92 bits per heavy atom. The van der Waals surface area contributed by atoms with Gasteiger partial charge in [0.2, 0.25) is 0 Å². The van der Waals surface area contributed by atoms with Crippen molar-refractivity contribution in [2.45, 2.75) is 30.2 Å². The number of likely N-dealkylation sites (N-methyl/N-ethyl adjacent to an activating group) is 1. The van der Waals surface area contributed by atoms with Crippen molar-refractivity contribution < 1.29 is 8.42 Å². The molecule has 1 aromatic carbocycles. The van der Waals surface area contributed by atoms with E-state index in [4.69, 9.17) is 0 Å². The smallest absolute Gasteiger partial charge is 0.263 e. The number of rotatable bonds is 8. The molecule has 0 aliphatic heterocycles. The number of anilines is 2. The fraction of sp³-hybridized carbons (Fsp3) is 0.421. The lowest BCUT2D eigenvalue weighted by atomic mass is 10.1. The summed E-state index contributed by atoms with van der Waals surface area (Å²) in [7, 11) is 2.22. The molecule has 0 bridgehead atoms. The highest BCUT2D eigenvalue weighted by Gasteiger charge is 2.25. The monoisotopic (exact) mass is 374 g/mol. The molecule has 6 nitrogen and oxygen atoms in total. The third-order valence-corrected chi connectivity index (χ3v) is 5.96. The van der Waals surface area contributed by atoms with E-state index < -0.39 is 10.0 Å². The van der Waals surface area contributed by atoms with Gasteiger partial charge in [0, 0.05) is 38.6 Å². The van der Waals surface area contributed by atoms with E-state index in [1.807, 2.05) is 37.2 Å². The van der Waals surface area contributed by atoms with Crippen LogP contribution in [0.3, 0.4) is 0 Å². The van der Waals surface area contributed by atoms with Crippen molar-refractivity contribution in [1.29, 1.82) is 0 Å². The summed E-state index contributed by atoms with van der Waals surface area (Å²) >= 11 is 0. The summed E-state index contributed by atoms with van der Waals surface area (Å²) in [5, 5.41) is 0. The first kappa shape index (κ1) is 18.7. The number of sulfonamides is 1. The van der Waals surface area contributed by atoms with Gasteiger partial charge in [0.1, 0.15) is 10.7 Å². The number of pyridine rings is 1. The molecule has 0 spiro atoms. The molecular weight excluding hydrogens is 348 g/mol. The van der Waals surface area contributed by atoms with Crippen molar-refractivity contribution >= 4 is 21.5 Å².